The summed E-state index contributed by atoms with van der Waals surface area (Å²) >= 11 is 0. The zero-order valence-electron chi connectivity index (χ0n) is 18.7. The summed E-state index contributed by atoms with van der Waals surface area (Å²) in [4.78, 5) is 26.4. The molecule has 2 aliphatic rings. The zero-order valence-corrected chi connectivity index (χ0v) is 21.0. The molecule has 4 heterocycles. The van der Waals surface area contributed by atoms with E-state index in [0.717, 1.165) is 28.3 Å². The van der Waals surface area contributed by atoms with Gasteiger partial charge in [0, 0.05) is 44.2 Å². The molecule has 5 rings (SSSR count). The first-order valence-corrected chi connectivity index (χ1v) is 12.2. The van der Waals surface area contributed by atoms with E-state index in [2.05, 4.69) is 49.2 Å². The molecular formula is C21H26FN9OP2. The predicted octanol–water partition coefficient (Wildman–Crippen LogP) is 0.904. The van der Waals surface area contributed by atoms with Crippen molar-refractivity contribution in [3.63, 3.8) is 0 Å². The fraction of sp³-hybridized carbons (Fsp3) is 0.381. The van der Waals surface area contributed by atoms with Crippen LogP contribution in [0.3, 0.4) is 0 Å². The number of halogens is 1. The molecular weight excluding hydrogens is 475 g/mol. The van der Waals surface area contributed by atoms with E-state index < -0.39 is 0 Å². The molecule has 34 heavy (non-hydrogen) atoms. The van der Waals surface area contributed by atoms with Crippen LogP contribution in [0.2, 0.25) is 0 Å². The Morgan fingerprint density at radius 2 is 1.91 bits per heavy atom. The Balaban J connectivity index is 1.27. The number of anilines is 1. The van der Waals surface area contributed by atoms with Crippen molar-refractivity contribution in [2.45, 2.75) is 19.4 Å². The minimum atomic E-state index is -0.299. The molecule has 13 heteroatoms. The number of urea groups is 1. The Labute approximate surface area is 201 Å². The van der Waals surface area contributed by atoms with Gasteiger partial charge >= 0.3 is 6.03 Å². The highest BCUT2D eigenvalue weighted by atomic mass is 31.0. The molecule has 2 N–H and O–H groups in total. The van der Waals surface area contributed by atoms with Gasteiger partial charge < -0.3 is 9.80 Å². The Bertz CT molecular complexity index is 1190. The number of rotatable bonds is 3. The number of H-pyrrole nitrogens is 1. The van der Waals surface area contributed by atoms with Crippen LogP contribution >= 0.6 is 18.5 Å². The second-order valence-corrected chi connectivity index (χ2v) is 9.68. The first kappa shape index (κ1) is 23.0. The lowest BCUT2D eigenvalue weighted by Gasteiger charge is -2.38. The lowest BCUT2D eigenvalue weighted by Crippen LogP contribution is -2.55. The molecule has 178 valence electrons. The minimum Gasteiger partial charge on any atom is -0.337 e. The van der Waals surface area contributed by atoms with E-state index in [0.29, 0.717) is 50.1 Å². The number of amides is 2. The van der Waals surface area contributed by atoms with Crippen LogP contribution in [0.5, 0.6) is 0 Å². The number of hydrazine groups is 1. The number of aromatic nitrogens is 5. The molecule has 0 bridgehead atoms. The van der Waals surface area contributed by atoms with E-state index in [1.165, 1.54) is 12.1 Å². The summed E-state index contributed by atoms with van der Waals surface area (Å²) in [5.41, 5.74) is 6.15. The molecule has 2 fully saturated rings. The fourth-order valence-electron chi connectivity index (χ4n) is 4.39. The topological polar surface area (TPSA) is 106 Å². The highest BCUT2D eigenvalue weighted by Gasteiger charge is 2.35. The summed E-state index contributed by atoms with van der Waals surface area (Å²) in [6.45, 7) is 4.82. The Kier molecular flexibility index (Phi) is 6.42. The van der Waals surface area contributed by atoms with Crippen LogP contribution in [0.4, 0.5) is 15.1 Å². The van der Waals surface area contributed by atoms with Crippen molar-refractivity contribution in [1.82, 2.24) is 40.7 Å². The van der Waals surface area contributed by atoms with Gasteiger partial charge in [-0.2, -0.15) is 15.4 Å². The third kappa shape index (κ3) is 4.48. The maximum atomic E-state index is 14.0. The summed E-state index contributed by atoms with van der Waals surface area (Å²) in [5.74, 6) is 0.299. The number of benzene rings is 1. The zero-order chi connectivity index (χ0) is 23.8. The number of aromatic amines is 1. The summed E-state index contributed by atoms with van der Waals surface area (Å²) in [6, 6.07) is 4.57. The van der Waals surface area contributed by atoms with Crippen LogP contribution in [0.1, 0.15) is 23.7 Å². The van der Waals surface area contributed by atoms with Gasteiger partial charge in [-0.3, -0.25) is 5.01 Å². The van der Waals surface area contributed by atoms with Crippen molar-refractivity contribution < 1.29 is 9.18 Å². The van der Waals surface area contributed by atoms with Crippen LogP contribution in [-0.2, 0) is 0 Å². The Hall–Kier alpha value is -2.74. The highest BCUT2D eigenvalue weighted by molar-refractivity contribution is 7.28. The third-order valence-corrected chi connectivity index (χ3v) is 6.88. The van der Waals surface area contributed by atoms with Gasteiger partial charge in [-0.15, -0.1) is 18.5 Å². The molecule has 0 aliphatic carbocycles. The fourth-order valence-corrected chi connectivity index (χ4v) is 5.02. The second-order valence-electron chi connectivity index (χ2n) is 8.39. The molecule has 10 nitrogen and oxygen atoms in total. The number of nitrogens with one attached hydrogen (secondary N) is 2. The SMILES string of the molecule is Cc1n[nH]nc1-c1nc(N2CCN(C(=O)N3NCCC3c3cc(F)cc(P)c3)CC2)ncc1P. The summed E-state index contributed by atoms with van der Waals surface area (Å²) in [7, 11) is 5.16. The van der Waals surface area contributed by atoms with Crippen molar-refractivity contribution in [2.75, 3.05) is 37.6 Å². The van der Waals surface area contributed by atoms with E-state index >= 15 is 0 Å². The van der Waals surface area contributed by atoms with E-state index in [-0.39, 0.29) is 17.9 Å². The average molecular weight is 501 g/mol. The molecule has 2 aromatic heterocycles. The number of aryl methyl sites for hydroxylation is 1. The van der Waals surface area contributed by atoms with Crippen molar-refractivity contribution in [3.05, 3.63) is 41.5 Å². The molecule has 2 saturated heterocycles. The van der Waals surface area contributed by atoms with Gasteiger partial charge in [0.2, 0.25) is 5.95 Å². The molecule has 3 aromatic rings. The lowest BCUT2D eigenvalue weighted by molar-refractivity contribution is 0.125. The van der Waals surface area contributed by atoms with E-state index in [9.17, 15) is 9.18 Å². The van der Waals surface area contributed by atoms with E-state index in [1.807, 2.05) is 17.9 Å². The molecule has 0 spiro atoms. The third-order valence-electron chi connectivity index (χ3n) is 6.13. The van der Waals surface area contributed by atoms with Crippen LogP contribution in [-0.4, -0.2) is 74.0 Å². The van der Waals surface area contributed by atoms with Crippen LogP contribution in [0.15, 0.2) is 24.4 Å². The number of hydrogen-bond donors (Lipinski definition) is 2. The molecule has 2 amide bonds. The quantitative estimate of drug-likeness (QED) is 0.514. The molecule has 3 atom stereocenters. The predicted molar refractivity (Wildman–Crippen MR) is 134 cm³/mol. The van der Waals surface area contributed by atoms with E-state index in [1.54, 1.807) is 11.2 Å². The summed E-state index contributed by atoms with van der Waals surface area (Å²) in [6.07, 6.45) is 2.49. The van der Waals surface area contributed by atoms with Crippen molar-refractivity contribution in [3.8, 4) is 11.4 Å². The molecule has 2 aliphatic heterocycles. The summed E-state index contributed by atoms with van der Waals surface area (Å²) in [5, 5.41) is 14.2. The molecule has 1 aromatic carbocycles. The van der Waals surface area contributed by atoms with Gasteiger partial charge in [0.25, 0.3) is 0 Å². The number of hydrogen-bond acceptors (Lipinski definition) is 7. The Morgan fingerprint density at radius 1 is 1.12 bits per heavy atom. The first-order chi connectivity index (χ1) is 16.4. The first-order valence-electron chi connectivity index (χ1n) is 11.0. The molecule has 3 unspecified atom stereocenters. The number of carbonyl (C=O) groups excluding carboxylic acids is 1. The van der Waals surface area contributed by atoms with Gasteiger partial charge in [-0.05, 0) is 42.4 Å². The smallest absolute Gasteiger partial charge is 0.335 e. The van der Waals surface area contributed by atoms with Crippen LogP contribution in [0, 0.1) is 12.7 Å². The van der Waals surface area contributed by atoms with E-state index in [4.69, 9.17) is 4.98 Å². The minimum absolute atomic E-state index is 0.100. The number of piperazine rings is 1. The van der Waals surface area contributed by atoms with Crippen LogP contribution < -0.4 is 20.9 Å². The maximum absolute atomic E-state index is 14.0. The normalized spacial score (nSPS) is 18.6. The standard InChI is InChI=1S/C21H26FN9OP2/c1-12-18(27-28-26-12)19-17(34)11-23-20(25-19)29-4-6-30(7-5-29)21(32)31-16(2-3-24-31)13-8-14(22)10-15(33)9-13/h8-11,16,24H,2-7,33-34H2,1H3,(H,26,27,28). The van der Waals surface area contributed by atoms with Gasteiger partial charge in [-0.1, -0.05) is 0 Å². The Morgan fingerprint density at radius 3 is 2.62 bits per heavy atom. The second kappa shape index (κ2) is 9.49. The van der Waals surface area contributed by atoms with Crippen molar-refractivity contribution >= 4 is 41.1 Å². The van der Waals surface area contributed by atoms with Crippen molar-refractivity contribution in [2.24, 2.45) is 0 Å². The van der Waals surface area contributed by atoms with Crippen LogP contribution in [0.25, 0.3) is 11.4 Å². The number of carbonyl (C=O) groups is 1. The monoisotopic (exact) mass is 501 g/mol. The average Bonchev–Trinajstić information content (AvgIpc) is 3.48. The maximum Gasteiger partial charge on any atom is 0.335 e. The molecule has 0 saturated carbocycles. The van der Waals surface area contributed by atoms with Gasteiger partial charge in [-0.25, -0.2) is 24.6 Å². The largest absolute Gasteiger partial charge is 0.337 e. The lowest BCUT2D eigenvalue weighted by atomic mass is 10.0. The van der Waals surface area contributed by atoms with Gasteiger partial charge in [0.15, 0.2) is 0 Å². The highest BCUT2D eigenvalue weighted by Crippen LogP contribution is 2.29. The van der Waals surface area contributed by atoms with Crippen molar-refractivity contribution in [1.29, 1.82) is 0 Å². The van der Waals surface area contributed by atoms with Gasteiger partial charge in [0.1, 0.15) is 17.2 Å². The van der Waals surface area contributed by atoms with Gasteiger partial charge in [0.05, 0.1) is 11.7 Å². The number of nitrogens with zero attached hydrogens (tertiary/aromatic N) is 7. The molecule has 0 radical (unpaired) electrons. The summed E-state index contributed by atoms with van der Waals surface area (Å²) < 4.78 is 14.0.